The Hall–Kier alpha value is -2.09. The van der Waals surface area contributed by atoms with Crippen LogP contribution in [0.1, 0.15) is 12.2 Å². The van der Waals surface area contributed by atoms with Crippen molar-refractivity contribution in [2.24, 2.45) is 7.05 Å². The Kier molecular flexibility index (Phi) is 4.23. The van der Waals surface area contributed by atoms with Gasteiger partial charge in [-0.3, -0.25) is 0 Å². The van der Waals surface area contributed by atoms with Crippen molar-refractivity contribution < 1.29 is 19.8 Å². The number of nitrogens with one attached hydrogen (secondary N) is 1. The zero-order valence-electron chi connectivity index (χ0n) is 11.2. The number of nitrogens with zero attached hydrogens (tertiary/aromatic N) is 3. The normalized spacial score (nSPS) is 22.0. The lowest BCUT2D eigenvalue weighted by Gasteiger charge is -2.21. The monoisotopic (exact) mass is 282 g/mol. The molecule has 110 valence electrons. The van der Waals surface area contributed by atoms with Gasteiger partial charge in [0.05, 0.1) is 6.10 Å². The Morgan fingerprint density at radius 3 is 2.90 bits per heavy atom. The van der Waals surface area contributed by atoms with Gasteiger partial charge in [-0.05, 0) is 0 Å². The summed E-state index contributed by atoms with van der Waals surface area (Å²) in [4.78, 5) is 28.2. The highest BCUT2D eigenvalue weighted by Gasteiger charge is 2.38. The quantitative estimate of drug-likeness (QED) is 0.669. The van der Waals surface area contributed by atoms with Gasteiger partial charge in [0.25, 0.3) is 0 Å². The van der Waals surface area contributed by atoms with Gasteiger partial charge >= 0.3 is 12.0 Å². The van der Waals surface area contributed by atoms with E-state index in [1.165, 1.54) is 0 Å². The molecule has 0 spiro atoms. The molecule has 1 fully saturated rings. The van der Waals surface area contributed by atoms with Crippen LogP contribution in [0.5, 0.6) is 0 Å². The summed E-state index contributed by atoms with van der Waals surface area (Å²) in [6.45, 7) is 0.411. The van der Waals surface area contributed by atoms with Gasteiger partial charge in [0.15, 0.2) is 0 Å². The molecule has 0 aliphatic carbocycles. The minimum Gasteiger partial charge on any atom is -0.480 e. The third-order valence-electron chi connectivity index (χ3n) is 3.37. The third kappa shape index (κ3) is 3.08. The van der Waals surface area contributed by atoms with Crippen LogP contribution in [-0.4, -0.2) is 61.9 Å². The molecule has 2 heterocycles. The van der Waals surface area contributed by atoms with Gasteiger partial charge in [0, 0.05) is 45.4 Å². The summed E-state index contributed by atoms with van der Waals surface area (Å²) in [6, 6.07) is -1.43. The number of rotatable bonds is 4. The first-order valence-electron chi connectivity index (χ1n) is 6.40. The molecule has 1 aliphatic heterocycles. The number of β-amino-alcohol motifs (C(OH)–C–C–N with tert-alkyl or cyclic N) is 1. The second-order valence-corrected chi connectivity index (χ2v) is 4.83. The molecule has 2 atom stereocenters. The van der Waals surface area contributed by atoms with E-state index < -0.39 is 24.1 Å². The maximum atomic E-state index is 11.9. The second kappa shape index (κ2) is 5.91. The summed E-state index contributed by atoms with van der Waals surface area (Å²) in [6.07, 6.45) is 3.34. The van der Waals surface area contributed by atoms with E-state index >= 15 is 0 Å². The number of hydrogen-bond acceptors (Lipinski definition) is 4. The highest BCUT2D eigenvalue weighted by molar-refractivity contribution is 5.83. The number of aromatic nitrogens is 2. The number of urea groups is 1. The Morgan fingerprint density at radius 2 is 2.30 bits per heavy atom. The van der Waals surface area contributed by atoms with Crippen molar-refractivity contribution in [2.45, 2.75) is 25.0 Å². The van der Waals surface area contributed by atoms with Crippen molar-refractivity contribution >= 4 is 12.0 Å². The van der Waals surface area contributed by atoms with Crippen molar-refractivity contribution in [3.63, 3.8) is 0 Å². The number of carbonyl (C=O) groups is 2. The maximum absolute atomic E-state index is 11.9. The standard InChI is InChI=1S/C12H18N4O4/c1-15-5-4-13-10(15)2-3-14-12(20)16-7-8(17)6-9(16)11(18)19/h4-5,8-9,17H,2-3,6-7H2,1H3,(H,14,20)(H,18,19)/t8-,9+/m1/s1. The Labute approximate surface area is 116 Å². The number of amides is 2. The Bertz CT molecular complexity index is 501. The van der Waals surface area contributed by atoms with Crippen LogP contribution in [0.3, 0.4) is 0 Å². The van der Waals surface area contributed by atoms with Crippen LogP contribution >= 0.6 is 0 Å². The van der Waals surface area contributed by atoms with Crippen LogP contribution in [-0.2, 0) is 18.3 Å². The third-order valence-corrected chi connectivity index (χ3v) is 3.37. The summed E-state index contributed by atoms with van der Waals surface area (Å²) in [5, 5.41) is 21.2. The van der Waals surface area contributed by atoms with Gasteiger partial charge in [0.1, 0.15) is 11.9 Å². The van der Waals surface area contributed by atoms with E-state index in [1.54, 1.807) is 6.20 Å². The molecule has 3 N–H and O–H groups in total. The molecule has 2 rings (SSSR count). The molecule has 8 nitrogen and oxygen atoms in total. The molecule has 0 unspecified atom stereocenters. The maximum Gasteiger partial charge on any atom is 0.326 e. The van der Waals surface area contributed by atoms with Crippen LogP contribution in [0, 0.1) is 0 Å². The number of aliphatic carboxylic acids is 1. The lowest BCUT2D eigenvalue weighted by Crippen LogP contribution is -2.46. The van der Waals surface area contributed by atoms with Gasteiger partial charge in [-0.15, -0.1) is 0 Å². The molecule has 1 saturated heterocycles. The van der Waals surface area contributed by atoms with E-state index in [9.17, 15) is 14.7 Å². The smallest absolute Gasteiger partial charge is 0.326 e. The Balaban J connectivity index is 1.85. The molecule has 0 radical (unpaired) electrons. The van der Waals surface area contributed by atoms with E-state index in [0.29, 0.717) is 13.0 Å². The summed E-state index contributed by atoms with van der Waals surface area (Å²) in [5.74, 6) is -0.262. The molecule has 0 saturated carbocycles. The van der Waals surface area contributed by atoms with Crippen molar-refractivity contribution in [2.75, 3.05) is 13.1 Å². The van der Waals surface area contributed by atoms with E-state index in [0.717, 1.165) is 10.7 Å². The first kappa shape index (κ1) is 14.3. The van der Waals surface area contributed by atoms with E-state index in [2.05, 4.69) is 10.3 Å². The first-order chi connectivity index (χ1) is 9.49. The fourth-order valence-corrected chi connectivity index (χ4v) is 2.29. The number of aliphatic hydroxyl groups excluding tert-OH is 1. The number of imidazole rings is 1. The highest BCUT2D eigenvalue weighted by atomic mass is 16.4. The zero-order chi connectivity index (χ0) is 14.7. The van der Waals surface area contributed by atoms with Crippen LogP contribution in [0.4, 0.5) is 4.79 Å². The van der Waals surface area contributed by atoms with Crippen molar-refractivity contribution in [1.29, 1.82) is 0 Å². The van der Waals surface area contributed by atoms with Gasteiger partial charge in [-0.2, -0.15) is 0 Å². The largest absolute Gasteiger partial charge is 0.480 e. The molecule has 0 bridgehead atoms. The predicted molar refractivity (Wildman–Crippen MR) is 69.1 cm³/mol. The zero-order valence-corrected chi connectivity index (χ0v) is 11.2. The Morgan fingerprint density at radius 1 is 1.55 bits per heavy atom. The minimum absolute atomic E-state index is 0.0468. The van der Waals surface area contributed by atoms with Gasteiger partial charge in [-0.25, -0.2) is 14.6 Å². The molecule has 2 amide bonds. The number of carbonyl (C=O) groups excluding carboxylic acids is 1. The number of aliphatic hydroxyl groups is 1. The molecular formula is C12H18N4O4. The average Bonchev–Trinajstić information content (AvgIpc) is 2.96. The van der Waals surface area contributed by atoms with Crippen molar-refractivity contribution in [3.05, 3.63) is 18.2 Å². The lowest BCUT2D eigenvalue weighted by atomic mass is 10.2. The number of likely N-dealkylation sites (tertiary alicyclic amines) is 1. The van der Waals surface area contributed by atoms with Crippen LogP contribution in [0.25, 0.3) is 0 Å². The van der Waals surface area contributed by atoms with Crippen LogP contribution < -0.4 is 5.32 Å². The second-order valence-electron chi connectivity index (χ2n) is 4.83. The van der Waals surface area contributed by atoms with Crippen molar-refractivity contribution in [1.82, 2.24) is 19.8 Å². The number of carboxylic acids is 1. The molecule has 20 heavy (non-hydrogen) atoms. The topological polar surface area (TPSA) is 108 Å². The summed E-state index contributed by atoms with van der Waals surface area (Å²) >= 11 is 0. The fourth-order valence-electron chi connectivity index (χ4n) is 2.29. The van der Waals surface area contributed by atoms with E-state index in [1.807, 2.05) is 17.8 Å². The van der Waals surface area contributed by atoms with Crippen LogP contribution in [0.15, 0.2) is 12.4 Å². The summed E-state index contributed by atoms with van der Waals surface area (Å²) < 4.78 is 1.85. The summed E-state index contributed by atoms with van der Waals surface area (Å²) in [7, 11) is 1.86. The van der Waals surface area contributed by atoms with E-state index in [4.69, 9.17) is 5.11 Å². The first-order valence-corrected chi connectivity index (χ1v) is 6.40. The number of hydrogen-bond donors (Lipinski definition) is 3. The molecule has 1 aliphatic rings. The predicted octanol–water partition coefficient (Wildman–Crippen LogP) is -0.808. The lowest BCUT2D eigenvalue weighted by molar-refractivity contribution is -0.141. The number of carboxylic acid groups (broad SMARTS) is 1. The van der Waals surface area contributed by atoms with Gasteiger partial charge in [-0.1, -0.05) is 0 Å². The van der Waals surface area contributed by atoms with Crippen LogP contribution in [0.2, 0.25) is 0 Å². The molecule has 8 heteroatoms. The van der Waals surface area contributed by atoms with E-state index in [-0.39, 0.29) is 13.0 Å². The fraction of sp³-hybridized carbons (Fsp3) is 0.583. The molecular weight excluding hydrogens is 264 g/mol. The number of aryl methyl sites for hydroxylation is 1. The minimum atomic E-state index is -1.10. The van der Waals surface area contributed by atoms with Gasteiger partial charge < -0.3 is 25.0 Å². The molecule has 0 aromatic carbocycles. The molecule has 1 aromatic rings. The van der Waals surface area contributed by atoms with Gasteiger partial charge in [0.2, 0.25) is 0 Å². The molecule has 1 aromatic heterocycles. The summed E-state index contributed by atoms with van der Waals surface area (Å²) in [5.41, 5.74) is 0. The SMILES string of the molecule is Cn1ccnc1CCNC(=O)N1C[C@H](O)C[C@H]1C(=O)O. The van der Waals surface area contributed by atoms with Crippen molar-refractivity contribution in [3.8, 4) is 0 Å². The average molecular weight is 282 g/mol. The highest BCUT2D eigenvalue weighted by Crippen LogP contribution is 2.17.